The summed E-state index contributed by atoms with van der Waals surface area (Å²) in [4.78, 5) is 14.2. The van der Waals surface area contributed by atoms with Gasteiger partial charge in [0.25, 0.3) is 5.56 Å². The summed E-state index contributed by atoms with van der Waals surface area (Å²) in [5.41, 5.74) is 1.60. The first-order valence-electron chi connectivity index (χ1n) is 4.68. The molecule has 0 radical (unpaired) electrons. The number of nitrogens with one attached hydrogen (secondary N) is 1. The van der Waals surface area contributed by atoms with Crippen LogP contribution in [0.1, 0.15) is 31.3 Å². The van der Waals surface area contributed by atoms with Gasteiger partial charge in [0.05, 0.1) is 0 Å². The molecule has 2 aromatic heterocycles. The molecule has 0 atom stereocenters. The fourth-order valence-corrected chi connectivity index (χ4v) is 1.57. The van der Waals surface area contributed by atoms with Gasteiger partial charge in [-0.2, -0.15) is 5.10 Å². The zero-order valence-electron chi connectivity index (χ0n) is 8.53. The third-order valence-electron chi connectivity index (χ3n) is 2.25. The number of hydrogen-bond donors (Lipinski definition) is 1. The lowest BCUT2D eigenvalue weighted by Crippen LogP contribution is -2.15. The van der Waals surface area contributed by atoms with E-state index >= 15 is 0 Å². The van der Waals surface area contributed by atoms with Gasteiger partial charge in [0.1, 0.15) is 11.3 Å². The average molecular weight is 191 g/mol. The van der Waals surface area contributed by atoms with Crippen LogP contribution in [-0.2, 0) is 0 Å². The first kappa shape index (κ1) is 8.99. The van der Waals surface area contributed by atoms with Gasteiger partial charge in [0, 0.05) is 5.69 Å². The molecule has 0 aliphatic rings. The minimum absolute atomic E-state index is 0.0793. The highest BCUT2D eigenvalue weighted by Gasteiger charge is 2.09. The molecule has 0 aromatic carbocycles. The van der Waals surface area contributed by atoms with Crippen molar-refractivity contribution < 1.29 is 0 Å². The van der Waals surface area contributed by atoms with Crippen LogP contribution in [0, 0.1) is 6.92 Å². The van der Waals surface area contributed by atoms with E-state index in [4.69, 9.17) is 0 Å². The molecule has 0 fully saturated rings. The van der Waals surface area contributed by atoms with Crippen molar-refractivity contribution >= 4 is 5.52 Å². The zero-order valence-corrected chi connectivity index (χ0v) is 8.53. The number of fused-ring (bicyclic) bond motifs is 1. The van der Waals surface area contributed by atoms with Crippen LogP contribution in [0.5, 0.6) is 0 Å². The van der Waals surface area contributed by atoms with Gasteiger partial charge in [0.2, 0.25) is 0 Å². The van der Waals surface area contributed by atoms with Crippen molar-refractivity contribution in [1.82, 2.24) is 14.6 Å². The van der Waals surface area contributed by atoms with Gasteiger partial charge < -0.3 is 4.98 Å². The Bertz CT molecular complexity index is 522. The molecule has 0 spiro atoms. The lowest BCUT2D eigenvalue weighted by molar-refractivity contribution is 0.733. The molecular formula is C10H13N3O. The summed E-state index contributed by atoms with van der Waals surface area (Å²) >= 11 is 0. The maximum absolute atomic E-state index is 11.5. The van der Waals surface area contributed by atoms with Crippen LogP contribution in [0.15, 0.2) is 16.9 Å². The second-order valence-corrected chi connectivity index (χ2v) is 3.75. The molecular weight excluding hydrogens is 178 g/mol. The maximum Gasteiger partial charge on any atom is 0.275 e. The minimum Gasteiger partial charge on any atom is -0.307 e. The molecule has 0 saturated heterocycles. The number of nitrogens with zero attached hydrogens (tertiary/aromatic N) is 2. The monoisotopic (exact) mass is 191 g/mol. The summed E-state index contributed by atoms with van der Waals surface area (Å²) in [7, 11) is 0. The normalized spacial score (nSPS) is 11.4. The summed E-state index contributed by atoms with van der Waals surface area (Å²) in [6.45, 7) is 5.95. The van der Waals surface area contributed by atoms with Crippen molar-refractivity contribution in [2.24, 2.45) is 0 Å². The lowest BCUT2D eigenvalue weighted by atomic mass is 10.1. The molecule has 14 heavy (non-hydrogen) atoms. The van der Waals surface area contributed by atoms with E-state index in [0.717, 1.165) is 5.69 Å². The first-order valence-corrected chi connectivity index (χ1v) is 4.68. The Morgan fingerprint density at radius 2 is 2.14 bits per heavy atom. The van der Waals surface area contributed by atoms with Crippen molar-refractivity contribution in [3.05, 3.63) is 34.0 Å². The van der Waals surface area contributed by atoms with Crippen LogP contribution >= 0.6 is 0 Å². The van der Waals surface area contributed by atoms with Crippen LogP contribution in [0.2, 0.25) is 0 Å². The Morgan fingerprint density at radius 3 is 2.79 bits per heavy atom. The van der Waals surface area contributed by atoms with E-state index in [9.17, 15) is 4.79 Å². The molecule has 2 rings (SSSR count). The Morgan fingerprint density at radius 1 is 1.43 bits per heavy atom. The van der Waals surface area contributed by atoms with Gasteiger partial charge in [-0.15, -0.1) is 0 Å². The molecule has 0 aliphatic carbocycles. The standard InChI is InChI=1S/C10H13N3O/c1-6(2)8-4-5-9-10(14)11-7(3)12-13(8)9/h4-6H,1-3H3,(H,11,12,14). The Labute approximate surface area is 81.6 Å². The Kier molecular flexibility index (Phi) is 1.91. The first-order chi connectivity index (χ1) is 6.59. The topological polar surface area (TPSA) is 50.2 Å². The third kappa shape index (κ3) is 1.23. The summed E-state index contributed by atoms with van der Waals surface area (Å²) in [6.07, 6.45) is 0. The van der Waals surface area contributed by atoms with Gasteiger partial charge in [-0.05, 0) is 25.0 Å². The number of aromatic amines is 1. The molecule has 4 nitrogen and oxygen atoms in total. The van der Waals surface area contributed by atoms with Gasteiger partial charge >= 0.3 is 0 Å². The molecule has 0 unspecified atom stereocenters. The van der Waals surface area contributed by atoms with Crippen LogP contribution < -0.4 is 5.56 Å². The summed E-state index contributed by atoms with van der Waals surface area (Å²) in [5.74, 6) is 1.01. The minimum atomic E-state index is -0.0793. The molecule has 74 valence electrons. The summed E-state index contributed by atoms with van der Waals surface area (Å²) in [5, 5.41) is 4.28. The smallest absolute Gasteiger partial charge is 0.275 e. The fraction of sp³-hybridized carbons (Fsp3) is 0.400. The van der Waals surface area contributed by atoms with Gasteiger partial charge in [-0.1, -0.05) is 13.8 Å². The SMILES string of the molecule is Cc1nn2c(C(C)C)ccc2c(=O)[nH]1. The van der Waals surface area contributed by atoms with Crippen molar-refractivity contribution in [2.45, 2.75) is 26.7 Å². The molecule has 4 heteroatoms. The van der Waals surface area contributed by atoms with Gasteiger partial charge in [0.15, 0.2) is 0 Å². The van der Waals surface area contributed by atoms with E-state index in [1.165, 1.54) is 0 Å². The van der Waals surface area contributed by atoms with Crippen LogP contribution in [0.25, 0.3) is 5.52 Å². The average Bonchev–Trinajstić information content (AvgIpc) is 2.47. The predicted molar refractivity (Wildman–Crippen MR) is 54.6 cm³/mol. The Hall–Kier alpha value is -1.58. The quantitative estimate of drug-likeness (QED) is 0.741. The zero-order chi connectivity index (χ0) is 10.3. The van der Waals surface area contributed by atoms with E-state index in [1.807, 2.05) is 6.07 Å². The number of rotatable bonds is 1. The highest BCUT2D eigenvalue weighted by molar-refractivity contribution is 5.46. The summed E-state index contributed by atoms with van der Waals surface area (Å²) < 4.78 is 1.72. The predicted octanol–water partition coefficient (Wildman–Crippen LogP) is 1.45. The molecule has 0 amide bonds. The van der Waals surface area contributed by atoms with Crippen molar-refractivity contribution in [1.29, 1.82) is 0 Å². The molecule has 1 N–H and O–H groups in total. The van der Waals surface area contributed by atoms with E-state index in [-0.39, 0.29) is 5.56 Å². The largest absolute Gasteiger partial charge is 0.307 e. The molecule has 0 bridgehead atoms. The van der Waals surface area contributed by atoms with Gasteiger partial charge in [-0.3, -0.25) is 4.79 Å². The number of aromatic nitrogens is 3. The Balaban J connectivity index is 2.85. The molecule has 2 aromatic rings. The molecule has 2 heterocycles. The lowest BCUT2D eigenvalue weighted by Gasteiger charge is -2.04. The van der Waals surface area contributed by atoms with E-state index in [2.05, 4.69) is 23.9 Å². The third-order valence-corrected chi connectivity index (χ3v) is 2.25. The number of hydrogen-bond acceptors (Lipinski definition) is 2. The van der Waals surface area contributed by atoms with E-state index in [0.29, 0.717) is 17.3 Å². The maximum atomic E-state index is 11.5. The van der Waals surface area contributed by atoms with Crippen molar-refractivity contribution in [2.75, 3.05) is 0 Å². The van der Waals surface area contributed by atoms with E-state index < -0.39 is 0 Å². The van der Waals surface area contributed by atoms with Crippen LogP contribution in [0.3, 0.4) is 0 Å². The second kappa shape index (κ2) is 2.97. The van der Waals surface area contributed by atoms with Crippen LogP contribution in [0.4, 0.5) is 0 Å². The van der Waals surface area contributed by atoms with E-state index in [1.54, 1.807) is 17.5 Å². The second-order valence-electron chi connectivity index (χ2n) is 3.75. The van der Waals surface area contributed by atoms with Gasteiger partial charge in [-0.25, -0.2) is 4.52 Å². The van der Waals surface area contributed by atoms with Crippen LogP contribution in [-0.4, -0.2) is 14.6 Å². The fourth-order valence-electron chi connectivity index (χ4n) is 1.57. The highest BCUT2D eigenvalue weighted by Crippen LogP contribution is 2.15. The van der Waals surface area contributed by atoms with Crippen molar-refractivity contribution in [3.63, 3.8) is 0 Å². The highest BCUT2D eigenvalue weighted by atomic mass is 16.1. The molecule has 0 saturated carbocycles. The number of aryl methyl sites for hydroxylation is 1. The number of H-pyrrole nitrogens is 1. The molecule has 0 aliphatic heterocycles. The van der Waals surface area contributed by atoms with Crippen molar-refractivity contribution in [3.8, 4) is 0 Å². The summed E-state index contributed by atoms with van der Waals surface area (Å²) in [6, 6.07) is 3.75.